The Labute approximate surface area is 251 Å². The highest BCUT2D eigenvalue weighted by Crippen LogP contribution is 2.31. The molecule has 0 aliphatic carbocycles. The number of piperazine rings is 1. The van der Waals surface area contributed by atoms with Crippen molar-refractivity contribution in [2.75, 3.05) is 44.2 Å². The zero-order valence-corrected chi connectivity index (χ0v) is 24.7. The van der Waals surface area contributed by atoms with Crippen molar-refractivity contribution in [2.24, 2.45) is 0 Å². The van der Waals surface area contributed by atoms with Crippen molar-refractivity contribution >= 4 is 38.0 Å². The van der Waals surface area contributed by atoms with Gasteiger partial charge in [-0.15, -0.1) is 11.3 Å². The number of para-hydroxylation sites is 1. The highest BCUT2D eigenvalue weighted by Gasteiger charge is 2.18. The fourth-order valence-electron chi connectivity index (χ4n) is 5.62. The number of thiophene rings is 1. The van der Waals surface area contributed by atoms with E-state index < -0.39 is 0 Å². The molecule has 216 valence electrons. The molecule has 1 aliphatic rings. The largest absolute Gasteiger partial charge is 0.494 e. The van der Waals surface area contributed by atoms with E-state index in [1.165, 1.54) is 15.8 Å². The summed E-state index contributed by atoms with van der Waals surface area (Å²) in [6.07, 6.45) is 2.63. The van der Waals surface area contributed by atoms with Crippen molar-refractivity contribution in [2.45, 2.75) is 25.8 Å². The van der Waals surface area contributed by atoms with Gasteiger partial charge in [0, 0.05) is 67.1 Å². The van der Waals surface area contributed by atoms with Crippen LogP contribution in [0.25, 0.3) is 21.0 Å². The maximum atomic E-state index is 12.8. The molecule has 3 heterocycles. The van der Waals surface area contributed by atoms with E-state index in [-0.39, 0.29) is 5.56 Å². The fourth-order valence-corrected chi connectivity index (χ4v) is 6.43. The molecule has 0 unspecified atom stereocenters. The zero-order valence-electron chi connectivity index (χ0n) is 23.9. The Morgan fingerprint density at radius 3 is 2.52 bits per heavy atom. The summed E-state index contributed by atoms with van der Waals surface area (Å²) >= 11 is 1.81. The van der Waals surface area contributed by atoms with Gasteiger partial charge in [-0.3, -0.25) is 9.69 Å². The Bertz CT molecular complexity index is 1700. The van der Waals surface area contributed by atoms with Crippen LogP contribution in [0.15, 0.2) is 107 Å². The van der Waals surface area contributed by atoms with Crippen molar-refractivity contribution < 1.29 is 9.47 Å². The molecule has 7 heteroatoms. The number of ether oxygens (including phenoxy) is 2. The van der Waals surface area contributed by atoms with Gasteiger partial charge in [-0.1, -0.05) is 30.8 Å². The summed E-state index contributed by atoms with van der Waals surface area (Å²) in [7, 11) is 0. The van der Waals surface area contributed by atoms with Gasteiger partial charge in [0.15, 0.2) is 0 Å². The lowest BCUT2D eigenvalue weighted by molar-refractivity contribution is 0.239. The lowest BCUT2D eigenvalue weighted by Gasteiger charge is -2.36. The third-order valence-electron chi connectivity index (χ3n) is 7.91. The molecule has 3 aromatic carbocycles. The number of unbranched alkanes of at least 4 members (excludes halogenated alkanes) is 1. The van der Waals surface area contributed by atoms with E-state index in [4.69, 9.17) is 9.47 Å². The number of hydrogen-bond donors (Lipinski definition) is 0. The molecule has 1 fully saturated rings. The average molecular weight is 580 g/mol. The minimum Gasteiger partial charge on any atom is -0.494 e. The third-order valence-corrected chi connectivity index (χ3v) is 8.79. The van der Waals surface area contributed by atoms with Crippen LogP contribution in [0.1, 0.15) is 19.3 Å². The Morgan fingerprint density at radius 2 is 1.67 bits per heavy atom. The van der Waals surface area contributed by atoms with Crippen LogP contribution >= 0.6 is 11.3 Å². The Hall–Kier alpha value is -4.07. The van der Waals surface area contributed by atoms with Crippen molar-refractivity contribution in [1.82, 2.24) is 9.47 Å². The minimum atomic E-state index is -0.0423. The normalized spacial score (nSPS) is 14.0. The number of rotatable bonds is 12. The van der Waals surface area contributed by atoms with Crippen molar-refractivity contribution in [1.29, 1.82) is 0 Å². The van der Waals surface area contributed by atoms with Crippen LogP contribution in [0.4, 0.5) is 5.69 Å². The second kappa shape index (κ2) is 13.3. The molecule has 2 aromatic heterocycles. The molecule has 0 bridgehead atoms. The summed E-state index contributed by atoms with van der Waals surface area (Å²) in [4.78, 5) is 17.8. The number of aromatic nitrogens is 1. The van der Waals surface area contributed by atoms with Crippen molar-refractivity contribution in [3.8, 4) is 11.5 Å². The van der Waals surface area contributed by atoms with Crippen molar-refractivity contribution in [3.05, 3.63) is 113 Å². The van der Waals surface area contributed by atoms with Gasteiger partial charge in [0.1, 0.15) is 11.5 Å². The number of aryl methyl sites for hydroxylation is 1. The summed E-state index contributed by atoms with van der Waals surface area (Å²) in [5.41, 5.74) is 2.19. The van der Waals surface area contributed by atoms with Crippen LogP contribution in [-0.2, 0) is 6.54 Å². The first-order valence-electron chi connectivity index (χ1n) is 14.7. The molecule has 0 spiro atoms. The smallest absolute Gasteiger partial charge is 0.251 e. The van der Waals surface area contributed by atoms with E-state index in [1.807, 2.05) is 65.9 Å². The molecule has 6 rings (SSSR count). The van der Waals surface area contributed by atoms with Gasteiger partial charge >= 0.3 is 0 Å². The SMILES string of the molecule is C=C(CCn1c(=O)ccc2ccc(OCCCCN3CCN(c4cccc5sccc45)CC3)cc21)Oc1ccccc1. The second-order valence-electron chi connectivity index (χ2n) is 10.7. The van der Waals surface area contributed by atoms with Gasteiger partial charge in [-0.2, -0.15) is 0 Å². The van der Waals surface area contributed by atoms with E-state index >= 15 is 0 Å². The van der Waals surface area contributed by atoms with Crippen molar-refractivity contribution in [3.63, 3.8) is 0 Å². The highest BCUT2D eigenvalue weighted by atomic mass is 32.1. The number of fused-ring (bicyclic) bond motifs is 2. The molecule has 0 amide bonds. The topological polar surface area (TPSA) is 46.9 Å². The summed E-state index contributed by atoms with van der Waals surface area (Å²) in [5.74, 6) is 2.16. The number of benzene rings is 3. The first-order valence-corrected chi connectivity index (χ1v) is 15.6. The molecular weight excluding hydrogens is 542 g/mol. The van der Waals surface area contributed by atoms with E-state index in [0.717, 1.165) is 68.0 Å². The molecule has 0 radical (unpaired) electrons. The first kappa shape index (κ1) is 28.1. The lowest BCUT2D eigenvalue weighted by atomic mass is 10.2. The number of anilines is 1. The maximum absolute atomic E-state index is 12.8. The monoisotopic (exact) mass is 579 g/mol. The first-order chi connectivity index (χ1) is 20.6. The second-order valence-corrected chi connectivity index (χ2v) is 11.7. The molecule has 5 aromatic rings. The maximum Gasteiger partial charge on any atom is 0.251 e. The summed E-state index contributed by atoms with van der Waals surface area (Å²) in [5, 5.41) is 4.57. The summed E-state index contributed by atoms with van der Waals surface area (Å²) in [6, 6.07) is 27.9. The van der Waals surface area contributed by atoms with E-state index in [9.17, 15) is 4.79 Å². The Kier molecular flexibility index (Phi) is 8.87. The Balaban J connectivity index is 0.969. The van der Waals surface area contributed by atoms with Gasteiger partial charge in [0.2, 0.25) is 0 Å². The van der Waals surface area contributed by atoms with Gasteiger partial charge in [-0.25, -0.2) is 0 Å². The predicted molar refractivity (Wildman–Crippen MR) is 174 cm³/mol. The predicted octanol–water partition coefficient (Wildman–Crippen LogP) is 7.18. The summed E-state index contributed by atoms with van der Waals surface area (Å²) < 4.78 is 15.1. The molecule has 0 saturated carbocycles. The van der Waals surface area contributed by atoms with Crippen LogP contribution in [-0.4, -0.2) is 48.8 Å². The number of pyridine rings is 1. The van der Waals surface area contributed by atoms with E-state index in [0.29, 0.717) is 25.3 Å². The molecule has 42 heavy (non-hydrogen) atoms. The van der Waals surface area contributed by atoms with Gasteiger partial charge in [-0.05, 0) is 78.7 Å². The minimum absolute atomic E-state index is 0.0423. The molecule has 0 atom stereocenters. The van der Waals surface area contributed by atoms with E-state index in [2.05, 4.69) is 46.0 Å². The molecule has 1 aliphatic heterocycles. The molecular formula is C35H37N3O3S. The van der Waals surface area contributed by atoms with Gasteiger partial charge < -0.3 is 18.9 Å². The molecule has 0 N–H and O–H groups in total. The van der Waals surface area contributed by atoms with Gasteiger partial charge in [0.25, 0.3) is 5.56 Å². The average Bonchev–Trinajstić information content (AvgIpc) is 3.51. The quantitative estimate of drug-likeness (QED) is 0.116. The van der Waals surface area contributed by atoms with Crippen LogP contribution < -0.4 is 19.9 Å². The Morgan fingerprint density at radius 1 is 0.833 bits per heavy atom. The van der Waals surface area contributed by atoms with E-state index in [1.54, 1.807) is 10.6 Å². The fraction of sp³-hybridized carbons (Fsp3) is 0.286. The number of hydrogen-bond acceptors (Lipinski definition) is 6. The van der Waals surface area contributed by atoms with Crippen LogP contribution in [0.3, 0.4) is 0 Å². The highest BCUT2D eigenvalue weighted by molar-refractivity contribution is 7.17. The van der Waals surface area contributed by atoms with Gasteiger partial charge in [0.05, 0.1) is 17.9 Å². The van der Waals surface area contributed by atoms with Crippen LogP contribution in [0, 0.1) is 0 Å². The lowest BCUT2D eigenvalue weighted by Crippen LogP contribution is -2.46. The molecule has 6 nitrogen and oxygen atoms in total. The van der Waals surface area contributed by atoms with Crippen LogP contribution in [0.5, 0.6) is 11.5 Å². The molecule has 1 saturated heterocycles. The van der Waals surface area contributed by atoms with Crippen LogP contribution in [0.2, 0.25) is 0 Å². The number of allylic oxidation sites excluding steroid dienone is 1. The summed E-state index contributed by atoms with van der Waals surface area (Å²) in [6.45, 7) is 10.6. The number of nitrogens with zero attached hydrogens (tertiary/aromatic N) is 3. The third kappa shape index (κ3) is 6.69. The zero-order chi connectivity index (χ0) is 28.7. The standard InChI is InChI=1S/C35H37N3O3S/c1-27(41-29-8-3-2-4-9-29)16-19-38-33-26-30(14-12-28(33)13-15-35(38)39)40-24-6-5-18-36-20-22-37(23-21-36)32-10-7-11-34-31(32)17-25-42-34/h2-4,7-15,17,25-26H,1,5-6,16,18-24H2.